The average Bonchev–Trinajstić information content (AvgIpc) is 3.26. The largest absolute Gasteiger partial charge is 1.00 e. The van der Waals surface area contributed by atoms with E-state index >= 15 is 0 Å². The third-order valence-corrected chi connectivity index (χ3v) is 9.51. The standard InChI is InChI=1S/C28H48N2O6S2.2K/c1-4-5-6-7-8-9-10-11-12-13-14-15-16-17-22(2)25-20-24(38(34,35)36)21-26-28(25)30-27(29-26)19-18-23(3)37(31,32)33;;/h20-23H,4-19H2,1-3H3,(H,29,30)(H,31,32,33)(H,34,35,36);;/q;2*+1/p-2. The minimum absolute atomic E-state index is 0. The molecule has 2 atom stereocenters. The number of hydrogen-bond donors (Lipinski definition) is 1. The molecule has 0 spiro atoms. The third-order valence-electron chi connectivity index (χ3n) is 7.48. The Bertz CT molecular complexity index is 1200. The van der Waals surface area contributed by atoms with E-state index in [0.717, 1.165) is 19.3 Å². The monoisotopic (exact) mass is 648 g/mol. The Balaban J connectivity index is 0.00000760. The van der Waals surface area contributed by atoms with Crippen LogP contribution >= 0.6 is 0 Å². The van der Waals surface area contributed by atoms with Gasteiger partial charge >= 0.3 is 103 Å². The number of benzene rings is 1. The summed E-state index contributed by atoms with van der Waals surface area (Å²) in [5.41, 5.74) is 1.72. The van der Waals surface area contributed by atoms with Gasteiger partial charge in [0.2, 0.25) is 0 Å². The van der Waals surface area contributed by atoms with E-state index in [1.54, 1.807) is 0 Å². The molecule has 0 aliphatic rings. The zero-order valence-electron chi connectivity index (χ0n) is 25.3. The molecule has 1 heterocycles. The predicted molar refractivity (Wildman–Crippen MR) is 150 cm³/mol. The molecule has 12 heteroatoms. The van der Waals surface area contributed by atoms with Crippen LogP contribution in [-0.2, 0) is 26.7 Å². The Hall–Kier alpha value is 1.78. The van der Waals surface area contributed by atoms with Crippen LogP contribution in [0.3, 0.4) is 0 Å². The molecule has 0 aliphatic heterocycles. The zero-order valence-corrected chi connectivity index (χ0v) is 33.2. The van der Waals surface area contributed by atoms with Gasteiger partial charge in [0.05, 0.1) is 26.0 Å². The fourth-order valence-corrected chi connectivity index (χ4v) is 5.85. The van der Waals surface area contributed by atoms with Crippen LogP contribution in [0.4, 0.5) is 0 Å². The van der Waals surface area contributed by atoms with E-state index in [2.05, 4.69) is 16.9 Å². The van der Waals surface area contributed by atoms with Crippen molar-refractivity contribution in [2.24, 2.45) is 0 Å². The molecule has 2 rings (SSSR count). The van der Waals surface area contributed by atoms with E-state index in [9.17, 15) is 25.9 Å². The van der Waals surface area contributed by atoms with Crippen molar-refractivity contribution in [1.82, 2.24) is 9.97 Å². The number of aryl methyl sites for hydroxylation is 1. The average molecular weight is 649 g/mol. The summed E-state index contributed by atoms with van der Waals surface area (Å²) >= 11 is 0. The van der Waals surface area contributed by atoms with Crippen LogP contribution in [0.5, 0.6) is 0 Å². The molecule has 218 valence electrons. The molecule has 0 amide bonds. The fraction of sp³-hybridized carbons (Fsp3) is 0.750. The second kappa shape index (κ2) is 21.5. The van der Waals surface area contributed by atoms with Gasteiger partial charge in [0, 0.05) is 11.7 Å². The first-order valence-corrected chi connectivity index (χ1v) is 17.2. The smallest absolute Gasteiger partial charge is 0.748 e. The van der Waals surface area contributed by atoms with Crippen molar-refractivity contribution in [2.45, 2.75) is 140 Å². The number of nitrogens with one attached hydrogen (secondary N) is 1. The number of H-pyrrole nitrogens is 1. The van der Waals surface area contributed by atoms with E-state index in [-0.39, 0.29) is 126 Å². The summed E-state index contributed by atoms with van der Waals surface area (Å²) in [6.07, 6.45) is 17.7. The van der Waals surface area contributed by atoms with Gasteiger partial charge in [-0.3, -0.25) is 0 Å². The van der Waals surface area contributed by atoms with Gasteiger partial charge < -0.3 is 14.1 Å². The molecular formula is C28H46K2N2O6S2. The summed E-state index contributed by atoms with van der Waals surface area (Å²) in [6.45, 7) is 5.61. The number of unbranched alkanes of at least 4 members (excludes halogenated alkanes) is 12. The Morgan fingerprint density at radius 1 is 0.775 bits per heavy atom. The van der Waals surface area contributed by atoms with Gasteiger partial charge in [-0.05, 0) is 43.4 Å². The van der Waals surface area contributed by atoms with Gasteiger partial charge in [-0.15, -0.1) is 0 Å². The van der Waals surface area contributed by atoms with Crippen molar-refractivity contribution in [3.63, 3.8) is 0 Å². The molecule has 8 nitrogen and oxygen atoms in total. The van der Waals surface area contributed by atoms with E-state index in [1.165, 1.54) is 89.7 Å². The second-order valence-electron chi connectivity index (χ2n) is 10.8. The van der Waals surface area contributed by atoms with E-state index in [0.29, 0.717) is 22.4 Å². The Kier molecular flexibility index (Phi) is 22.5. The maximum atomic E-state index is 11.8. The first kappa shape index (κ1) is 41.8. The van der Waals surface area contributed by atoms with Crippen molar-refractivity contribution in [2.75, 3.05) is 0 Å². The van der Waals surface area contributed by atoms with Crippen LogP contribution in [0.15, 0.2) is 17.0 Å². The summed E-state index contributed by atoms with van der Waals surface area (Å²) in [6, 6.07) is 2.70. The molecule has 0 aliphatic carbocycles. The quantitative estimate of drug-likeness (QED) is 0.128. The zero-order chi connectivity index (χ0) is 28.2. The Morgan fingerprint density at radius 3 is 1.75 bits per heavy atom. The van der Waals surface area contributed by atoms with Crippen molar-refractivity contribution in [1.29, 1.82) is 0 Å². The molecule has 0 fully saturated rings. The van der Waals surface area contributed by atoms with Gasteiger partial charge in [0.15, 0.2) is 0 Å². The molecule has 0 radical (unpaired) electrons. The normalized spacial score (nSPS) is 13.5. The van der Waals surface area contributed by atoms with Gasteiger partial charge in [0.1, 0.15) is 15.9 Å². The first-order valence-electron chi connectivity index (χ1n) is 14.4. The third kappa shape index (κ3) is 15.7. The number of nitrogens with zero attached hydrogens (tertiary/aromatic N) is 1. The molecule has 40 heavy (non-hydrogen) atoms. The first-order chi connectivity index (χ1) is 17.9. The van der Waals surface area contributed by atoms with Crippen molar-refractivity contribution in [3.05, 3.63) is 23.5 Å². The van der Waals surface area contributed by atoms with Gasteiger partial charge in [-0.1, -0.05) is 97.3 Å². The number of hydrogen-bond acceptors (Lipinski definition) is 7. The van der Waals surface area contributed by atoms with E-state index in [1.807, 2.05) is 6.92 Å². The van der Waals surface area contributed by atoms with E-state index < -0.39 is 25.5 Å². The van der Waals surface area contributed by atoms with Crippen LogP contribution in [0, 0.1) is 0 Å². The Labute approximate surface area is 327 Å². The van der Waals surface area contributed by atoms with Gasteiger partial charge in [-0.2, -0.15) is 0 Å². The second-order valence-corrected chi connectivity index (χ2v) is 14.0. The topological polar surface area (TPSA) is 143 Å². The van der Waals surface area contributed by atoms with Crippen LogP contribution in [-0.4, -0.2) is 41.2 Å². The van der Waals surface area contributed by atoms with Crippen LogP contribution in [0.2, 0.25) is 0 Å². The molecule has 0 saturated heterocycles. The number of fused-ring (bicyclic) bond motifs is 1. The SMILES string of the molecule is CCCCCCCCCCCCCCCC(C)c1cc(S(=O)(=O)[O-])cc2[nH]c(CCC(C)S(=O)(=O)[O-])nc12.[K+].[K+]. The molecule has 1 aromatic heterocycles. The molecule has 0 saturated carbocycles. The Morgan fingerprint density at radius 2 is 1.27 bits per heavy atom. The summed E-state index contributed by atoms with van der Waals surface area (Å²) < 4.78 is 68.9. The van der Waals surface area contributed by atoms with Crippen LogP contribution < -0.4 is 103 Å². The molecule has 2 aromatic rings. The van der Waals surface area contributed by atoms with Gasteiger partial charge in [0.25, 0.3) is 0 Å². The molecular weight excluding hydrogens is 603 g/mol. The van der Waals surface area contributed by atoms with E-state index in [4.69, 9.17) is 0 Å². The fourth-order valence-electron chi connectivity index (χ4n) is 4.91. The molecule has 0 bridgehead atoms. The predicted octanol–water partition coefficient (Wildman–Crippen LogP) is 0.926. The maximum Gasteiger partial charge on any atom is 1.00 e. The summed E-state index contributed by atoms with van der Waals surface area (Å²) in [5.74, 6) is 0.467. The number of aromatic amines is 1. The van der Waals surface area contributed by atoms with Crippen LogP contribution in [0.1, 0.15) is 134 Å². The minimum atomic E-state index is -4.65. The molecule has 1 aromatic carbocycles. The number of imidazole rings is 1. The molecule has 1 N–H and O–H groups in total. The van der Waals surface area contributed by atoms with Crippen molar-refractivity contribution in [3.8, 4) is 0 Å². The molecule has 2 unspecified atom stereocenters. The van der Waals surface area contributed by atoms with Crippen molar-refractivity contribution >= 4 is 31.3 Å². The number of rotatable bonds is 20. The van der Waals surface area contributed by atoms with Gasteiger partial charge in [-0.25, -0.2) is 21.8 Å². The summed E-state index contributed by atoms with van der Waals surface area (Å²) in [5, 5.41) is -1.05. The van der Waals surface area contributed by atoms with Crippen LogP contribution in [0.25, 0.3) is 11.0 Å². The summed E-state index contributed by atoms with van der Waals surface area (Å²) in [4.78, 5) is 7.29. The van der Waals surface area contributed by atoms with Crippen molar-refractivity contribution < 1.29 is 129 Å². The maximum absolute atomic E-state index is 11.8. The number of aromatic nitrogens is 2. The summed E-state index contributed by atoms with van der Waals surface area (Å²) in [7, 11) is -9.04. The minimum Gasteiger partial charge on any atom is -0.748 e.